The summed E-state index contributed by atoms with van der Waals surface area (Å²) in [4.78, 5) is 89.6. The van der Waals surface area contributed by atoms with Crippen LogP contribution in [-0.4, -0.2) is 161 Å². The van der Waals surface area contributed by atoms with E-state index >= 15 is 0 Å². The fraction of sp³-hybridized carbons (Fsp3) is 1.00. The van der Waals surface area contributed by atoms with Gasteiger partial charge in [0.2, 0.25) is 0 Å². The van der Waals surface area contributed by atoms with Gasteiger partial charge in [0.05, 0.1) is 33.0 Å². The van der Waals surface area contributed by atoms with Crippen LogP contribution in [0.15, 0.2) is 0 Å². The maximum absolute atomic E-state index is 12.7. The Morgan fingerprint density at radius 3 is 1.19 bits per heavy atom. The van der Waals surface area contributed by atoms with Gasteiger partial charge in [-0.1, -0.05) is 0 Å². The molecule has 8 atom stereocenters. The van der Waals surface area contributed by atoms with Gasteiger partial charge in [0, 0.05) is 0 Å². The molecule has 0 spiro atoms. The Hall–Kier alpha value is 1.04. The molecular weight excluding hydrogens is 1040 g/mol. The van der Waals surface area contributed by atoms with E-state index in [9.17, 15) is 81.1 Å². The van der Waals surface area contributed by atoms with Gasteiger partial charge in [-0.25, -0.2) is 9.13 Å². The van der Waals surface area contributed by atoms with Gasteiger partial charge in [0.25, 0.3) is 0 Å². The normalized spacial score (nSPS) is 37.1. The van der Waals surface area contributed by atoms with Crippen molar-refractivity contribution in [2.45, 2.75) is 38.3 Å². The number of hydrogen-bond donors (Lipinski definition) is 10. The molecular formula is C23H56O32P8. The standard InChI is InChI=1S/C23H56O32P8/c1-2-4-23-19-22(20-54-57(26,27)28)21-55-63(39,40)53-18-17-52-62(37,38)51-16-15-50-61(35,36)49-14-13-48-60(33,34)47-12-11-46-59(31,32)45-10-9-44-58(29,30)43-8-7-42-56(23,25)41-6-3-5-24/h22-25,56H,2-21H2,1H3,(H,29,30)(H,31,32)(H,33,34)(H,35,36)(H,37,38)(H,39,40)(H2,26,27,28). The van der Waals surface area contributed by atoms with E-state index in [0.717, 1.165) is 0 Å². The monoisotopic (exact) mass is 1090 g/mol. The van der Waals surface area contributed by atoms with Crippen molar-refractivity contribution < 1.29 is 149 Å². The van der Waals surface area contributed by atoms with E-state index < -0.39 is 167 Å². The predicted octanol–water partition coefficient (Wildman–Crippen LogP) is 1.99. The number of hydrogen-bond acceptors (Lipinski definition) is 24. The first kappa shape index (κ1) is 62.1. The molecule has 0 aromatic carbocycles. The predicted molar refractivity (Wildman–Crippen MR) is 209 cm³/mol. The summed E-state index contributed by atoms with van der Waals surface area (Å²) in [5, 5.41) is 9.27. The van der Waals surface area contributed by atoms with Gasteiger partial charge in [-0.05, 0) is 0 Å². The SMILES string of the molecule is CCCC1CC(COP(=O)(O)O)COP(=O)(O)OCCOP(=O)(O)OCCOP(=O)(O)OCCOP(=O)(O)OCCOP(=O)(O)OCCOP(=O)(O)OCCO[PH]1(O)OCCCO. The number of aliphatic hydroxyl groups is 1. The van der Waals surface area contributed by atoms with Crippen molar-refractivity contribution in [3.05, 3.63) is 0 Å². The second-order valence-electron chi connectivity index (χ2n) is 12.1. The van der Waals surface area contributed by atoms with Crippen LogP contribution in [-0.2, 0) is 99.8 Å². The van der Waals surface area contributed by atoms with Gasteiger partial charge >= 0.3 is 292 Å². The number of phosphoric acid groups is 7. The van der Waals surface area contributed by atoms with Gasteiger partial charge in [0.15, 0.2) is 0 Å². The Morgan fingerprint density at radius 1 is 0.571 bits per heavy atom. The Morgan fingerprint density at radius 2 is 0.889 bits per heavy atom. The summed E-state index contributed by atoms with van der Waals surface area (Å²) >= 11 is 0. The van der Waals surface area contributed by atoms with Gasteiger partial charge in [-0.15, -0.1) is 0 Å². The van der Waals surface area contributed by atoms with Crippen LogP contribution in [0.5, 0.6) is 0 Å². The molecule has 40 heteroatoms. The van der Waals surface area contributed by atoms with Crippen molar-refractivity contribution in [3.63, 3.8) is 0 Å². The zero-order valence-corrected chi connectivity index (χ0v) is 40.6. The van der Waals surface area contributed by atoms with Crippen molar-refractivity contribution in [2.75, 3.05) is 106 Å². The zero-order valence-electron chi connectivity index (χ0n) is 33.4. The van der Waals surface area contributed by atoms with Crippen molar-refractivity contribution in [3.8, 4) is 0 Å². The summed E-state index contributed by atoms with van der Waals surface area (Å²) in [5.74, 6) is -1.23. The molecule has 380 valence electrons. The van der Waals surface area contributed by atoms with Gasteiger partial charge in [-0.2, -0.15) is 0 Å². The molecule has 8 unspecified atom stereocenters. The van der Waals surface area contributed by atoms with Gasteiger partial charge in [-0.3, -0.25) is 18.1 Å². The molecule has 0 radical (unpaired) electrons. The molecule has 1 heterocycles. The van der Waals surface area contributed by atoms with Crippen LogP contribution >= 0.6 is 62.7 Å². The third kappa shape index (κ3) is 31.7. The molecule has 32 nitrogen and oxygen atoms in total. The average Bonchev–Trinajstić information content (AvgIpc) is 3.16. The third-order valence-corrected chi connectivity index (χ3v) is 16.3. The Labute approximate surface area is 361 Å². The maximum atomic E-state index is 12.7. The van der Waals surface area contributed by atoms with E-state index in [1.54, 1.807) is 6.92 Å². The second-order valence-corrected chi connectivity index (χ2v) is 24.7. The second kappa shape index (κ2) is 29.9. The van der Waals surface area contributed by atoms with Crippen LogP contribution in [0.2, 0.25) is 0 Å². The molecule has 0 saturated carbocycles. The zero-order chi connectivity index (χ0) is 47.9. The Balaban J connectivity index is 3.19. The average molecular weight is 1090 g/mol. The van der Waals surface area contributed by atoms with Crippen molar-refractivity contribution in [1.29, 1.82) is 0 Å². The van der Waals surface area contributed by atoms with E-state index in [4.69, 9.17) is 22.6 Å². The van der Waals surface area contributed by atoms with Crippen LogP contribution < -0.4 is 0 Å². The van der Waals surface area contributed by atoms with Crippen LogP contribution in [0.25, 0.3) is 0 Å². The van der Waals surface area contributed by atoms with E-state index in [1.807, 2.05) is 0 Å². The van der Waals surface area contributed by atoms with Crippen molar-refractivity contribution in [1.82, 2.24) is 0 Å². The molecule has 1 aliphatic rings. The first-order chi connectivity index (χ1) is 29.0. The quantitative estimate of drug-likeness (QED) is 0.117. The molecule has 1 saturated heterocycles. The minimum absolute atomic E-state index is 0.00768. The van der Waals surface area contributed by atoms with Crippen molar-refractivity contribution >= 4 is 62.7 Å². The van der Waals surface area contributed by atoms with Crippen LogP contribution in [0.4, 0.5) is 0 Å². The number of phosphoric ester groups is 7. The molecule has 1 fully saturated rings. The molecule has 10 N–H and O–H groups in total. The summed E-state index contributed by atoms with van der Waals surface area (Å²) in [6.45, 7) is -10.7. The van der Waals surface area contributed by atoms with E-state index in [1.165, 1.54) is 0 Å². The number of rotatable bonds is 9. The third-order valence-electron chi connectivity index (χ3n) is 6.94. The van der Waals surface area contributed by atoms with Crippen LogP contribution in [0, 0.1) is 5.92 Å². The molecule has 0 amide bonds. The Bertz CT molecular complexity index is 1650. The summed E-state index contributed by atoms with van der Waals surface area (Å²) in [7, 11) is -39.4. The molecule has 0 aromatic rings. The molecule has 0 aromatic heterocycles. The van der Waals surface area contributed by atoms with E-state index in [0.29, 0.717) is 6.42 Å². The van der Waals surface area contributed by atoms with Crippen LogP contribution in [0.3, 0.4) is 0 Å². The summed E-state index contributed by atoms with van der Waals surface area (Å²) in [5.41, 5.74) is -1.06. The number of aliphatic hydroxyl groups excluding tert-OH is 1. The fourth-order valence-corrected chi connectivity index (χ4v) is 11.7. The summed E-state index contributed by atoms with van der Waals surface area (Å²) < 4.78 is 156. The first-order valence-electron chi connectivity index (χ1n) is 18.1. The van der Waals surface area contributed by atoms with Gasteiger partial charge in [0.1, 0.15) is 0 Å². The fourth-order valence-electron chi connectivity index (χ4n) is 4.44. The van der Waals surface area contributed by atoms with Crippen molar-refractivity contribution in [2.24, 2.45) is 5.92 Å². The van der Waals surface area contributed by atoms with Crippen LogP contribution in [0.1, 0.15) is 32.6 Å². The van der Waals surface area contributed by atoms with E-state index in [2.05, 4.69) is 45.2 Å². The molecule has 0 bridgehead atoms. The van der Waals surface area contributed by atoms with Gasteiger partial charge < -0.3 is 9.79 Å². The van der Waals surface area contributed by atoms with E-state index in [-0.39, 0.29) is 32.5 Å². The molecule has 63 heavy (non-hydrogen) atoms. The minimum atomic E-state index is -5.15. The summed E-state index contributed by atoms with van der Waals surface area (Å²) in [6.07, 6.45) is 0.0507. The molecule has 1 aliphatic heterocycles. The Kier molecular flexibility index (Phi) is 29.5. The molecule has 1 rings (SSSR count). The molecule has 0 aliphatic carbocycles. The topological polar surface area (TPSA) is 460 Å². The first-order valence-corrected chi connectivity index (χ1v) is 30.4. The summed E-state index contributed by atoms with van der Waals surface area (Å²) in [6, 6.07) is 0.